The van der Waals surface area contributed by atoms with E-state index in [4.69, 9.17) is 13.9 Å². The van der Waals surface area contributed by atoms with Crippen LogP contribution >= 0.6 is 11.3 Å². The van der Waals surface area contributed by atoms with Crippen molar-refractivity contribution in [2.24, 2.45) is 0 Å². The summed E-state index contributed by atoms with van der Waals surface area (Å²) in [4.78, 5) is 28.4. The molecule has 7 nitrogen and oxygen atoms in total. The average Bonchev–Trinajstić information content (AvgIpc) is 3.22. The van der Waals surface area contributed by atoms with Gasteiger partial charge in [-0.3, -0.25) is 9.59 Å². The highest BCUT2D eigenvalue weighted by atomic mass is 32.1. The van der Waals surface area contributed by atoms with Gasteiger partial charge in [0.25, 0.3) is 5.91 Å². The van der Waals surface area contributed by atoms with Crippen LogP contribution in [0.5, 0.6) is 5.75 Å². The van der Waals surface area contributed by atoms with Crippen molar-refractivity contribution in [3.8, 4) is 16.9 Å². The van der Waals surface area contributed by atoms with Crippen LogP contribution in [0.4, 0.5) is 16.0 Å². The van der Waals surface area contributed by atoms with Gasteiger partial charge in [-0.05, 0) is 12.1 Å². The Kier molecular flexibility index (Phi) is 4.99. The van der Waals surface area contributed by atoms with Crippen LogP contribution in [0.2, 0.25) is 0 Å². The standard InChI is InChI=1S/C22H19FN2O5S/c1-2-19(27)25-5-8-29-18-10-15(23)13(9-16(18)25)14-12-31-22-17(26)11-20(30-21(14)22)24-3-6-28-7-4-24/h2,9-12H,1,3-8H2. The Morgan fingerprint density at radius 2 is 1.94 bits per heavy atom. The summed E-state index contributed by atoms with van der Waals surface area (Å²) in [5.41, 5.74) is 1.31. The van der Waals surface area contributed by atoms with E-state index in [-0.39, 0.29) is 29.3 Å². The third-order valence-electron chi connectivity index (χ3n) is 5.40. The monoisotopic (exact) mass is 442 g/mol. The van der Waals surface area contributed by atoms with Gasteiger partial charge in [-0.1, -0.05) is 6.58 Å². The molecule has 2 aliphatic rings. The Balaban J connectivity index is 1.65. The van der Waals surface area contributed by atoms with Gasteiger partial charge in [-0.2, -0.15) is 0 Å². The Morgan fingerprint density at radius 3 is 2.71 bits per heavy atom. The molecule has 31 heavy (non-hydrogen) atoms. The molecular formula is C22H19FN2O5S. The molecule has 0 radical (unpaired) electrons. The molecule has 3 aromatic rings. The summed E-state index contributed by atoms with van der Waals surface area (Å²) in [6.45, 7) is 6.45. The molecule has 5 rings (SSSR count). The van der Waals surface area contributed by atoms with Crippen molar-refractivity contribution >= 4 is 39.1 Å². The molecule has 1 fully saturated rings. The summed E-state index contributed by atoms with van der Waals surface area (Å²) >= 11 is 1.20. The third-order valence-corrected chi connectivity index (χ3v) is 6.37. The molecule has 1 amide bonds. The van der Waals surface area contributed by atoms with Crippen LogP contribution in [0.15, 0.2) is 45.4 Å². The van der Waals surface area contributed by atoms with Crippen LogP contribution in [0.3, 0.4) is 0 Å². The minimum Gasteiger partial charge on any atom is -0.489 e. The fourth-order valence-corrected chi connectivity index (χ4v) is 4.74. The molecule has 0 aliphatic carbocycles. The van der Waals surface area contributed by atoms with E-state index in [0.29, 0.717) is 60.3 Å². The molecule has 0 spiro atoms. The van der Waals surface area contributed by atoms with E-state index < -0.39 is 5.82 Å². The molecule has 0 atom stereocenters. The Labute approximate surface area is 180 Å². The first-order chi connectivity index (χ1) is 15.1. The molecule has 0 bridgehead atoms. The molecule has 0 N–H and O–H groups in total. The van der Waals surface area contributed by atoms with Crippen LogP contribution in [-0.4, -0.2) is 45.4 Å². The normalized spacial score (nSPS) is 16.2. The predicted octanol–water partition coefficient (Wildman–Crippen LogP) is 3.41. The fourth-order valence-electron chi connectivity index (χ4n) is 3.84. The number of ether oxygens (including phenoxy) is 2. The van der Waals surface area contributed by atoms with Crippen molar-refractivity contribution in [2.75, 3.05) is 49.3 Å². The topological polar surface area (TPSA) is 72.2 Å². The van der Waals surface area contributed by atoms with Gasteiger partial charge in [0.2, 0.25) is 5.43 Å². The summed E-state index contributed by atoms with van der Waals surface area (Å²) in [6, 6.07) is 4.30. The average molecular weight is 442 g/mol. The van der Waals surface area contributed by atoms with Crippen LogP contribution < -0.4 is 20.0 Å². The summed E-state index contributed by atoms with van der Waals surface area (Å²) in [5, 5.41) is 1.70. The first-order valence-electron chi connectivity index (χ1n) is 9.85. The van der Waals surface area contributed by atoms with E-state index in [1.54, 1.807) is 11.4 Å². The zero-order chi connectivity index (χ0) is 21.5. The maximum Gasteiger partial charge on any atom is 0.250 e. The van der Waals surface area contributed by atoms with Gasteiger partial charge in [0.15, 0.2) is 11.5 Å². The lowest BCUT2D eigenvalue weighted by atomic mass is 10.0. The van der Waals surface area contributed by atoms with Gasteiger partial charge < -0.3 is 23.7 Å². The van der Waals surface area contributed by atoms with Crippen molar-refractivity contribution in [1.82, 2.24) is 0 Å². The second-order valence-electron chi connectivity index (χ2n) is 7.20. The van der Waals surface area contributed by atoms with E-state index in [0.717, 1.165) is 0 Å². The van der Waals surface area contributed by atoms with E-state index in [1.807, 2.05) is 4.90 Å². The van der Waals surface area contributed by atoms with Gasteiger partial charge in [-0.15, -0.1) is 11.3 Å². The maximum absolute atomic E-state index is 15.1. The number of benzene rings is 1. The highest BCUT2D eigenvalue weighted by molar-refractivity contribution is 7.17. The number of anilines is 2. The Bertz CT molecular complexity index is 1240. The van der Waals surface area contributed by atoms with Crippen LogP contribution in [0.1, 0.15) is 0 Å². The molecule has 4 heterocycles. The zero-order valence-corrected chi connectivity index (χ0v) is 17.4. The number of rotatable bonds is 3. The van der Waals surface area contributed by atoms with Crippen LogP contribution in [0, 0.1) is 5.82 Å². The van der Waals surface area contributed by atoms with Crippen molar-refractivity contribution in [3.05, 3.63) is 52.3 Å². The van der Waals surface area contributed by atoms with E-state index >= 15 is 4.39 Å². The Hall–Kier alpha value is -3.17. The number of amides is 1. The highest BCUT2D eigenvalue weighted by Gasteiger charge is 2.26. The SMILES string of the molecule is C=CC(=O)N1CCOc2cc(F)c(-c3csc4c(=O)cc(N5CCOCC5)oc34)cc21. The number of thiophene rings is 1. The number of hydrogen-bond donors (Lipinski definition) is 0. The Morgan fingerprint density at radius 1 is 1.13 bits per heavy atom. The summed E-state index contributed by atoms with van der Waals surface area (Å²) in [6.07, 6.45) is 1.21. The highest BCUT2D eigenvalue weighted by Crippen LogP contribution is 2.41. The molecular weight excluding hydrogens is 423 g/mol. The quantitative estimate of drug-likeness (QED) is 0.579. The van der Waals surface area contributed by atoms with Crippen molar-refractivity contribution in [1.29, 1.82) is 0 Å². The third kappa shape index (κ3) is 3.39. The molecule has 1 aromatic carbocycles. The molecule has 0 unspecified atom stereocenters. The van der Waals surface area contributed by atoms with Crippen LogP contribution in [0.25, 0.3) is 21.4 Å². The number of hydrogen-bond acceptors (Lipinski definition) is 7. The van der Waals surface area contributed by atoms with Crippen LogP contribution in [-0.2, 0) is 9.53 Å². The lowest BCUT2D eigenvalue weighted by molar-refractivity contribution is -0.114. The molecule has 2 aliphatic heterocycles. The first kappa shape index (κ1) is 19.8. The molecule has 0 saturated carbocycles. The summed E-state index contributed by atoms with van der Waals surface area (Å²) in [7, 11) is 0. The minimum atomic E-state index is -0.522. The first-order valence-corrected chi connectivity index (χ1v) is 10.7. The van der Waals surface area contributed by atoms with Gasteiger partial charge >= 0.3 is 0 Å². The molecule has 160 valence electrons. The molecule has 2 aromatic heterocycles. The maximum atomic E-state index is 15.1. The number of halogens is 1. The lowest BCUT2D eigenvalue weighted by Gasteiger charge is -2.29. The molecule has 9 heteroatoms. The second-order valence-corrected chi connectivity index (χ2v) is 8.08. The molecule has 1 saturated heterocycles. The number of carbonyl (C=O) groups excluding carboxylic acids is 1. The van der Waals surface area contributed by atoms with Gasteiger partial charge in [0, 0.05) is 41.7 Å². The van der Waals surface area contributed by atoms with Crippen molar-refractivity contribution in [3.63, 3.8) is 0 Å². The van der Waals surface area contributed by atoms with E-state index in [9.17, 15) is 9.59 Å². The van der Waals surface area contributed by atoms with E-state index in [1.165, 1.54) is 34.4 Å². The number of morpholine rings is 1. The lowest BCUT2D eigenvalue weighted by Crippen LogP contribution is -2.36. The zero-order valence-electron chi connectivity index (χ0n) is 16.6. The summed E-state index contributed by atoms with van der Waals surface area (Å²) in [5.74, 6) is -0.0903. The van der Waals surface area contributed by atoms with Gasteiger partial charge in [0.1, 0.15) is 22.9 Å². The van der Waals surface area contributed by atoms with E-state index in [2.05, 4.69) is 6.58 Å². The van der Waals surface area contributed by atoms with Crippen molar-refractivity contribution in [2.45, 2.75) is 0 Å². The number of carbonyl (C=O) groups is 1. The minimum absolute atomic E-state index is 0.177. The second kappa shape index (κ2) is 7.82. The fraction of sp³-hybridized carbons (Fsp3) is 0.273. The van der Waals surface area contributed by atoms with Gasteiger partial charge in [-0.25, -0.2) is 4.39 Å². The van der Waals surface area contributed by atoms with Gasteiger partial charge in [0.05, 0.1) is 25.4 Å². The number of fused-ring (bicyclic) bond motifs is 2. The number of nitrogens with zero attached hydrogens (tertiary/aromatic N) is 2. The smallest absolute Gasteiger partial charge is 0.250 e. The van der Waals surface area contributed by atoms with Crippen molar-refractivity contribution < 1.29 is 23.1 Å². The predicted molar refractivity (Wildman–Crippen MR) is 117 cm³/mol. The summed E-state index contributed by atoms with van der Waals surface area (Å²) < 4.78 is 32.5. The largest absolute Gasteiger partial charge is 0.489 e.